The first-order chi connectivity index (χ1) is 9.16. The van der Waals surface area contributed by atoms with E-state index in [1.54, 1.807) is 0 Å². The Morgan fingerprint density at radius 3 is 3.05 bits per heavy atom. The summed E-state index contributed by atoms with van der Waals surface area (Å²) in [5.41, 5.74) is 1.29. The molecule has 2 rings (SSSR count). The predicted molar refractivity (Wildman–Crippen MR) is 78.4 cm³/mol. The molecule has 1 aliphatic heterocycles. The molecule has 0 spiro atoms. The molecule has 0 amide bonds. The van der Waals surface area contributed by atoms with E-state index < -0.39 is 0 Å². The van der Waals surface area contributed by atoms with Gasteiger partial charge in [0.05, 0.1) is 12.6 Å². The first-order valence-corrected chi connectivity index (χ1v) is 7.13. The Bertz CT molecular complexity index is 389. The number of ether oxygens (including phenoxy) is 1. The third-order valence-corrected chi connectivity index (χ3v) is 3.51. The van der Waals surface area contributed by atoms with Crippen molar-refractivity contribution in [1.29, 1.82) is 0 Å². The van der Waals surface area contributed by atoms with Gasteiger partial charge in [-0.1, -0.05) is 13.8 Å². The number of nitrogens with one attached hydrogen (secondary N) is 1. The fourth-order valence-electron chi connectivity index (χ4n) is 2.28. The molecule has 2 heterocycles. The normalized spacial score (nSPS) is 19.1. The maximum Gasteiger partial charge on any atom is 0.128 e. The van der Waals surface area contributed by atoms with Crippen molar-refractivity contribution in [2.24, 2.45) is 5.92 Å². The van der Waals surface area contributed by atoms with Gasteiger partial charge < -0.3 is 15.0 Å². The summed E-state index contributed by atoms with van der Waals surface area (Å²) in [6, 6.07) is 4.72. The molecule has 1 aliphatic rings. The summed E-state index contributed by atoms with van der Waals surface area (Å²) < 4.78 is 5.44. The summed E-state index contributed by atoms with van der Waals surface area (Å²) in [5.74, 6) is 1.72. The standard InChI is InChI=1S/C15H25N3O/c1-12(2)9-16-10-13-4-6-17-15(8-13)18(3)14-5-7-19-11-14/h4,6,8,12,14,16H,5,7,9-11H2,1-3H3. The smallest absolute Gasteiger partial charge is 0.128 e. The zero-order chi connectivity index (χ0) is 13.7. The second-order valence-electron chi connectivity index (χ2n) is 5.68. The zero-order valence-electron chi connectivity index (χ0n) is 12.2. The van der Waals surface area contributed by atoms with Crippen LogP contribution in [0.2, 0.25) is 0 Å². The molecule has 19 heavy (non-hydrogen) atoms. The lowest BCUT2D eigenvalue weighted by Crippen LogP contribution is -2.32. The highest BCUT2D eigenvalue weighted by atomic mass is 16.5. The Morgan fingerprint density at radius 1 is 1.53 bits per heavy atom. The molecular formula is C15H25N3O. The number of hydrogen-bond donors (Lipinski definition) is 1. The van der Waals surface area contributed by atoms with Crippen LogP contribution in [0.15, 0.2) is 18.3 Å². The van der Waals surface area contributed by atoms with Crippen molar-refractivity contribution in [3.63, 3.8) is 0 Å². The van der Waals surface area contributed by atoms with E-state index in [1.165, 1.54) is 5.56 Å². The van der Waals surface area contributed by atoms with Crippen LogP contribution in [0.5, 0.6) is 0 Å². The molecule has 1 aromatic heterocycles. The molecular weight excluding hydrogens is 238 g/mol. The first-order valence-electron chi connectivity index (χ1n) is 7.13. The summed E-state index contributed by atoms with van der Waals surface area (Å²) >= 11 is 0. The van der Waals surface area contributed by atoms with Gasteiger partial charge in [-0.3, -0.25) is 0 Å². The number of aromatic nitrogens is 1. The largest absolute Gasteiger partial charge is 0.379 e. The second kappa shape index (κ2) is 6.87. The van der Waals surface area contributed by atoms with Gasteiger partial charge in [-0.25, -0.2) is 4.98 Å². The maximum atomic E-state index is 5.44. The van der Waals surface area contributed by atoms with Gasteiger partial charge in [0.2, 0.25) is 0 Å². The Balaban J connectivity index is 1.94. The highest BCUT2D eigenvalue weighted by Gasteiger charge is 2.21. The quantitative estimate of drug-likeness (QED) is 0.852. The van der Waals surface area contributed by atoms with Crippen molar-refractivity contribution in [3.05, 3.63) is 23.9 Å². The van der Waals surface area contributed by atoms with Gasteiger partial charge >= 0.3 is 0 Å². The lowest BCUT2D eigenvalue weighted by molar-refractivity contribution is 0.193. The van der Waals surface area contributed by atoms with Crippen LogP contribution >= 0.6 is 0 Å². The fraction of sp³-hybridized carbons (Fsp3) is 0.667. The van der Waals surface area contributed by atoms with Crippen molar-refractivity contribution >= 4 is 5.82 Å². The van der Waals surface area contributed by atoms with Crippen LogP contribution in [0.4, 0.5) is 5.82 Å². The van der Waals surface area contributed by atoms with Crippen molar-refractivity contribution in [2.45, 2.75) is 32.9 Å². The molecule has 1 fully saturated rings. The van der Waals surface area contributed by atoms with Gasteiger partial charge in [0.15, 0.2) is 0 Å². The molecule has 0 aliphatic carbocycles. The van der Waals surface area contributed by atoms with Gasteiger partial charge in [-0.15, -0.1) is 0 Å². The van der Waals surface area contributed by atoms with Crippen LogP contribution in [0, 0.1) is 5.92 Å². The molecule has 1 unspecified atom stereocenters. The minimum Gasteiger partial charge on any atom is -0.379 e. The van der Waals surface area contributed by atoms with E-state index in [4.69, 9.17) is 4.74 Å². The molecule has 4 nitrogen and oxygen atoms in total. The van der Waals surface area contributed by atoms with Gasteiger partial charge in [0.25, 0.3) is 0 Å². The van der Waals surface area contributed by atoms with Gasteiger partial charge in [0, 0.05) is 26.4 Å². The minimum absolute atomic E-state index is 0.464. The van der Waals surface area contributed by atoms with Crippen LogP contribution in [-0.4, -0.2) is 37.8 Å². The van der Waals surface area contributed by atoms with E-state index in [-0.39, 0.29) is 0 Å². The number of anilines is 1. The van der Waals surface area contributed by atoms with Crippen LogP contribution in [0.25, 0.3) is 0 Å². The number of hydrogen-bond acceptors (Lipinski definition) is 4. The predicted octanol–water partition coefficient (Wildman–Crippen LogP) is 2.05. The second-order valence-corrected chi connectivity index (χ2v) is 5.68. The summed E-state index contributed by atoms with van der Waals surface area (Å²) in [7, 11) is 2.10. The number of pyridine rings is 1. The monoisotopic (exact) mass is 263 g/mol. The Morgan fingerprint density at radius 2 is 2.37 bits per heavy atom. The summed E-state index contributed by atoms with van der Waals surface area (Å²) in [5, 5.41) is 3.47. The highest BCUT2D eigenvalue weighted by molar-refractivity contribution is 5.41. The molecule has 1 saturated heterocycles. The molecule has 106 valence electrons. The van der Waals surface area contributed by atoms with Crippen LogP contribution in [0.3, 0.4) is 0 Å². The molecule has 1 N–H and O–H groups in total. The van der Waals surface area contributed by atoms with E-state index in [2.05, 4.69) is 48.2 Å². The lowest BCUT2D eigenvalue weighted by Gasteiger charge is -2.24. The van der Waals surface area contributed by atoms with Crippen molar-refractivity contribution in [1.82, 2.24) is 10.3 Å². The molecule has 1 aromatic rings. The average Bonchev–Trinajstić information content (AvgIpc) is 2.91. The van der Waals surface area contributed by atoms with Crippen molar-refractivity contribution in [2.75, 3.05) is 31.7 Å². The number of rotatable bonds is 6. The summed E-state index contributed by atoms with van der Waals surface area (Å²) in [6.07, 6.45) is 2.99. The molecule has 0 bridgehead atoms. The first kappa shape index (κ1) is 14.3. The summed E-state index contributed by atoms with van der Waals surface area (Å²) in [4.78, 5) is 6.70. The molecule has 0 saturated carbocycles. The summed E-state index contributed by atoms with van der Waals surface area (Å²) in [6.45, 7) is 8.07. The molecule has 4 heteroatoms. The fourth-order valence-corrected chi connectivity index (χ4v) is 2.28. The van der Waals surface area contributed by atoms with Crippen LogP contribution in [0.1, 0.15) is 25.8 Å². The molecule has 0 aromatic carbocycles. The van der Waals surface area contributed by atoms with E-state index in [0.29, 0.717) is 12.0 Å². The maximum absolute atomic E-state index is 5.44. The minimum atomic E-state index is 0.464. The number of likely N-dealkylation sites (N-methyl/N-ethyl adjacent to an activating group) is 1. The average molecular weight is 263 g/mol. The Kier molecular flexibility index (Phi) is 5.16. The Labute approximate surface area is 116 Å². The lowest BCUT2D eigenvalue weighted by atomic mass is 10.2. The van der Waals surface area contributed by atoms with Gasteiger partial charge in [-0.05, 0) is 36.6 Å². The zero-order valence-corrected chi connectivity index (χ0v) is 12.2. The van der Waals surface area contributed by atoms with E-state index >= 15 is 0 Å². The molecule has 1 atom stereocenters. The Hall–Kier alpha value is -1.13. The van der Waals surface area contributed by atoms with Crippen LogP contribution < -0.4 is 10.2 Å². The third-order valence-electron chi connectivity index (χ3n) is 3.51. The van der Waals surface area contributed by atoms with Crippen molar-refractivity contribution in [3.8, 4) is 0 Å². The van der Waals surface area contributed by atoms with Crippen LogP contribution in [-0.2, 0) is 11.3 Å². The van der Waals surface area contributed by atoms with E-state index in [0.717, 1.165) is 38.5 Å². The van der Waals surface area contributed by atoms with E-state index in [9.17, 15) is 0 Å². The number of nitrogens with zero attached hydrogens (tertiary/aromatic N) is 2. The third kappa shape index (κ3) is 4.18. The van der Waals surface area contributed by atoms with Gasteiger partial charge in [-0.2, -0.15) is 0 Å². The van der Waals surface area contributed by atoms with E-state index in [1.807, 2.05) is 6.20 Å². The SMILES string of the molecule is CC(C)CNCc1ccnc(N(C)C2CCOC2)c1. The highest BCUT2D eigenvalue weighted by Crippen LogP contribution is 2.18. The van der Waals surface area contributed by atoms with Crippen molar-refractivity contribution < 1.29 is 4.74 Å². The molecule has 0 radical (unpaired) electrons. The van der Waals surface area contributed by atoms with Gasteiger partial charge in [0.1, 0.15) is 5.82 Å². The topological polar surface area (TPSA) is 37.4 Å².